The minimum Gasteiger partial charge on any atom is -0.257 e. The summed E-state index contributed by atoms with van der Waals surface area (Å²) in [7, 11) is 0. The fourth-order valence-electron chi connectivity index (χ4n) is 0.329. The van der Waals surface area contributed by atoms with Gasteiger partial charge in [0, 0.05) is 0 Å². The second kappa shape index (κ2) is 2.06. The van der Waals surface area contributed by atoms with Crippen LogP contribution in [0.5, 0.6) is 0 Å². The first-order valence-electron chi connectivity index (χ1n) is 1.96. The maximum Gasteiger partial charge on any atom is 0.346 e. The SMILES string of the molecule is O=[N+]([O-])c1cnc(F)s1. The van der Waals surface area contributed by atoms with E-state index in [1.807, 2.05) is 0 Å². The lowest BCUT2D eigenvalue weighted by Gasteiger charge is -1.75. The molecule has 0 atom stereocenters. The first kappa shape index (κ1) is 6.09. The Morgan fingerprint density at radius 3 is 2.78 bits per heavy atom. The summed E-state index contributed by atoms with van der Waals surface area (Å²) in [6.45, 7) is 0. The van der Waals surface area contributed by atoms with Crippen LogP contribution < -0.4 is 0 Å². The molecular formula is C3HFN2O2S. The van der Waals surface area contributed by atoms with Gasteiger partial charge < -0.3 is 0 Å². The summed E-state index contributed by atoms with van der Waals surface area (Å²) in [5.74, 6) is 0. The Bertz CT molecular complexity index is 235. The molecule has 1 aromatic heterocycles. The van der Waals surface area contributed by atoms with Crippen molar-refractivity contribution in [1.82, 2.24) is 4.98 Å². The molecule has 1 aromatic rings. The Kier molecular flexibility index (Phi) is 1.39. The number of rotatable bonds is 1. The summed E-state index contributed by atoms with van der Waals surface area (Å²) in [6.07, 6.45) is 0.889. The molecule has 9 heavy (non-hydrogen) atoms. The van der Waals surface area contributed by atoms with E-state index in [0.29, 0.717) is 11.3 Å². The van der Waals surface area contributed by atoms with Crippen molar-refractivity contribution in [2.24, 2.45) is 0 Å². The molecule has 0 aliphatic carbocycles. The zero-order valence-corrected chi connectivity index (χ0v) is 4.89. The molecule has 0 saturated heterocycles. The monoisotopic (exact) mass is 148 g/mol. The second-order valence-electron chi connectivity index (χ2n) is 1.21. The summed E-state index contributed by atoms with van der Waals surface area (Å²) < 4.78 is 11.9. The normalized spacial score (nSPS) is 9.44. The molecule has 0 radical (unpaired) electrons. The van der Waals surface area contributed by atoms with Crippen LogP contribution in [0.4, 0.5) is 9.39 Å². The number of aromatic nitrogens is 1. The lowest BCUT2D eigenvalue weighted by Crippen LogP contribution is -1.80. The predicted octanol–water partition coefficient (Wildman–Crippen LogP) is 1.19. The van der Waals surface area contributed by atoms with Gasteiger partial charge in [0.05, 0.1) is 4.92 Å². The molecule has 6 heteroatoms. The predicted molar refractivity (Wildman–Crippen MR) is 28.7 cm³/mol. The van der Waals surface area contributed by atoms with Gasteiger partial charge in [-0.15, -0.1) is 0 Å². The van der Waals surface area contributed by atoms with E-state index in [9.17, 15) is 14.5 Å². The maximum absolute atomic E-state index is 11.9. The van der Waals surface area contributed by atoms with Crippen LogP contribution in [0.15, 0.2) is 6.20 Å². The number of hydrogen-bond donors (Lipinski definition) is 0. The first-order chi connectivity index (χ1) is 4.20. The standard InChI is InChI=1S/C3HFN2O2S/c4-3-5-1-2(9-3)6(7)8/h1H. The first-order valence-corrected chi connectivity index (χ1v) is 2.77. The highest BCUT2D eigenvalue weighted by Crippen LogP contribution is 2.18. The molecule has 1 rings (SSSR count). The maximum atomic E-state index is 11.9. The van der Waals surface area contributed by atoms with Crippen molar-refractivity contribution in [3.8, 4) is 0 Å². The third-order valence-corrected chi connectivity index (χ3v) is 1.38. The van der Waals surface area contributed by atoms with E-state index in [0.717, 1.165) is 6.20 Å². The van der Waals surface area contributed by atoms with Gasteiger partial charge >= 0.3 is 5.00 Å². The third-order valence-electron chi connectivity index (χ3n) is 0.645. The van der Waals surface area contributed by atoms with Gasteiger partial charge in [0.25, 0.3) is 5.26 Å². The smallest absolute Gasteiger partial charge is 0.257 e. The molecule has 0 amide bonds. The van der Waals surface area contributed by atoms with E-state index in [-0.39, 0.29) is 5.00 Å². The molecule has 4 nitrogen and oxygen atoms in total. The summed E-state index contributed by atoms with van der Waals surface area (Å²) in [4.78, 5) is 12.2. The van der Waals surface area contributed by atoms with Crippen molar-refractivity contribution in [3.05, 3.63) is 21.6 Å². The highest BCUT2D eigenvalue weighted by molar-refractivity contribution is 7.13. The number of hydrogen-bond acceptors (Lipinski definition) is 4. The zero-order chi connectivity index (χ0) is 6.85. The molecule has 0 N–H and O–H groups in total. The molecule has 1 heterocycles. The van der Waals surface area contributed by atoms with E-state index in [2.05, 4.69) is 4.98 Å². The third kappa shape index (κ3) is 1.20. The van der Waals surface area contributed by atoms with Crippen molar-refractivity contribution in [1.29, 1.82) is 0 Å². The van der Waals surface area contributed by atoms with Crippen molar-refractivity contribution < 1.29 is 9.31 Å². The van der Waals surface area contributed by atoms with Crippen LogP contribution in [0, 0.1) is 15.4 Å². The molecule has 0 unspecified atom stereocenters. The van der Waals surface area contributed by atoms with E-state index >= 15 is 0 Å². The van der Waals surface area contributed by atoms with Crippen LogP contribution in [-0.2, 0) is 0 Å². The average molecular weight is 148 g/mol. The summed E-state index contributed by atoms with van der Waals surface area (Å²) in [5.41, 5.74) is 0. The second-order valence-corrected chi connectivity index (χ2v) is 2.17. The number of halogens is 1. The van der Waals surface area contributed by atoms with Gasteiger partial charge in [0.2, 0.25) is 0 Å². The van der Waals surface area contributed by atoms with Gasteiger partial charge in [-0.3, -0.25) is 10.1 Å². The Morgan fingerprint density at radius 2 is 2.56 bits per heavy atom. The van der Waals surface area contributed by atoms with E-state index in [4.69, 9.17) is 0 Å². The van der Waals surface area contributed by atoms with E-state index < -0.39 is 10.2 Å². The van der Waals surface area contributed by atoms with E-state index in [1.165, 1.54) is 0 Å². The van der Waals surface area contributed by atoms with Crippen molar-refractivity contribution >= 4 is 16.3 Å². The Hall–Kier alpha value is -1.04. The van der Waals surface area contributed by atoms with Crippen LogP contribution in [-0.4, -0.2) is 9.91 Å². The van der Waals surface area contributed by atoms with Crippen molar-refractivity contribution in [2.75, 3.05) is 0 Å². The van der Waals surface area contributed by atoms with Gasteiger partial charge in [-0.1, -0.05) is 0 Å². The largest absolute Gasteiger partial charge is 0.346 e. The number of thiazole rings is 1. The van der Waals surface area contributed by atoms with Crippen LogP contribution >= 0.6 is 11.3 Å². The molecule has 0 aliphatic rings. The van der Waals surface area contributed by atoms with Crippen LogP contribution in [0.1, 0.15) is 0 Å². The minimum absolute atomic E-state index is 0.271. The quantitative estimate of drug-likeness (QED) is 0.444. The Morgan fingerprint density at radius 1 is 1.89 bits per heavy atom. The molecule has 0 spiro atoms. The van der Waals surface area contributed by atoms with Crippen LogP contribution in [0.25, 0.3) is 0 Å². The van der Waals surface area contributed by atoms with Crippen LogP contribution in [0.2, 0.25) is 0 Å². The Labute approximate surface area is 53.1 Å². The fourth-order valence-corrected chi connectivity index (χ4v) is 0.787. The van der Waals surface area contributed by atoms with Crippen LogP contribution in [0.3, 0.4) is 0 Å². The van der Waals surface area contributed by atoms with Gasteiger partial charge in [0.1, 0.15) is 6.20 Å². The lowest BCUT2D eigenvalue weighted by molar-refractivity contribution is -0.380. The topological polar surface area (TPSA) is 56.0 Å². The van der Waals surface area contributed by atoms with Crippen molar-refractivity contribution in [3.63, 3.8) is 0 Å². The Balaban J connectivity index is 2.98. The van der Waals surface area contributed by atoms with Gasteiger partial charge in [-0.05, 0) is 11.3 Å². The van der Waals surface area contributed by atoms with Gasteiger partial charge in [-0.2, -0.15) is 4.39 Å². The molecule has 48 valence electrons. The molecular weight excluding hydrogens is 147 g/mol. The van der Waals surface area contributed by atoms with Crippen molar-refractivity contribution in [2.45, 2.75) is 0 Å². The molecule has 0 bridgehead atoms. The fraction of sp³-hybridized carbons (Fsp3) is 0. The number of nitro groups is 1. The highest BCUT2D eigenvalue weighted by atomic mass is 32.1. The van der Waals surface area contributed by atoms with Gasteiger partial charge in [-0.25, -0.2) is 4.98 Å². The average Bonchev–Trinajstić information content (AvgIpc) is 2.14. The minimum atomic E-state index is -0.776. The lowest BCUT2D eigenvalue weighted by atomic mass is 10.9. The molecule has 0 aliphatic heterocycles. The van der Waals surface area contributed by atoms with Gasteiger partial charge in [0.15, 0.2) is 0 Å². The molecule has 0 saturated carbocycles. The zero-order valence-electron chi connectivity index (χ0n) is 4.07. The summed E-state index contributed by atoms with van der Waals surface area (Å²) in [6, 6.07) is 0. The molecule has 0 fully saturated rings. The summed E-state index contributed by atoms with van der Waals surface area (Å²) >= 11 is 0.419. The summed E-state index contributed by atoms with van der Waals surface area (Å²) in [5, 5.41) is 8.78. The number of nitrogens with zero attached hydrogens (tertiary/aromatic N) is 2. The highest BCUT2D eigenvalue weighted by Gasteiger charge is 2.09. The van der Waals surface area contributed by atoms with E-state index in [1.54, 1.807) is 0 Å². The molecule has 0 aromatic carbocycles.